The number of benzene rings is 4. The Kier molecular flexibility index (Phi) is 11.0. The highest BCUT2D eigenvalue weighted by atomic mass is 16.5. The van der Waals surface area contributed by atoms with Crippen molar-refractivity contribution >= 4 is 46.0 Å². The Hall–Kier alpha value is -6.64. The summed E-state index contributed by atoms with van der Waals surface area (Å²) in [4.78, 5) is 35.0. The molecular weight excluding hydrogens is 753 g/mol. The van der Waals surface area contributed by atoms with Crippen LogP contribution in [0.1, 0.15) is 25.0 Å². The molecule has 0 saturated carbocycles. The van der Waals surface area contributed by atoms with Gasteiger partial charge in [0.25, 0.3) is 0 Å². The number of para-hydroxylation sites is 2. The molecule has 2 atom stereocenters. The summed E-state index contributed by atoms with van der Waals surface area (Å²) < 4.78 is 33.0. The lowest BCUT2D eigenvalue weighted by Gasteiger charge is -2.33. The Bertz CT molecular complexity index is 2360. The number of nitrogens with one attached hydrogen (secondary N) is 3. The van der Waals surface area contributed by atoms with Crippen molar-refractivity contribution in [3.63, 3.8) is 0 Å². The van der Waals surface area contributed by atoms with Gasteiger partial charge in [-0.1, -0.05) is 36.4 Å². The number of anilines is 4. The van der Waals surface area contributed by atoms with Crippen LogP contribution in [0.2, 0.25) is 0 Å². The first-order valence-electron chi connectivity index (χ1n) is 18.9. The number of hydrogen-bond acceptors (Lipinski definition) is 12. The summed E-state index contributed by atoms with van der Waals surface area (Å²) in [6.45, 7) is 3.42. The number of ketones is 2. The highest BCUT2D eigenvalue weighted by Gasteiger charge is 2.55. The predicted molar refractivity (Wildman–Crippen MR) is 228 cm³/mol. The number of aliphatic imine (C=N–C) groups is 1. The minimum Gasteiger partial charge on any atom is -0.497 e. The minimum absolute atomic E-state index is 0.0740. The molecule has 8 rings (SSSR count). The van der Waals surface area contributed by atoms with Crippen molar-refractivity contribution in [2.24, 2.45) is 4.99 Å². The molecule has 0 aromatic heterocycles. The molecular formula is C45H48N6O8. The lowest BCUT2D eigenvalue weighted by atomic mass is 10.0. The second kappa shape index (κ2) is 16.0. The fraction of sp³-hybridized carbons (Fsp3) is 0.289. The number of hydrogen-bond donors (Lipinski definition) is 3. The molecule has 4 heterocycles. The van der Waals surface area contributed by atoms with Crippen molar-refractivity contribution in [1.82, 2.24) is 0 Å². The van der Waals surface area contributed by atoms with Crippen LogP contribution in [0.4, 0.5) is 22.7 Å². The summed E-state index contributed by atoms with van der Waals surface area (Å²) >= 11 is 0. The van der Waals surface area contributed by atoms with Crippen LogP contribution in [0.5, 0.6) is 23.0 Å². The van der Waals surface area contributed by atoms with E-state index in [9.17, 15) is 9.59 Å². The summed E-state index contributed by atoms with van der Waals surface area (Å²) in [6.07, 6.45) is 1.19. The van der Waals surface area contributed by atoms with Crippen molar-refractivity contribution in [2.45, 2.75) is 38.1 Å². The molecule has 2 fully saturated rings. The Morgan fingerprint density at radius 3 is 1.39 bits per heavy atom. The van der Waals surface area contributed by atoms with E-state index in [0.29, 0.717) is 69.9 Å². The summed E-state index contributed by atoms with van der Waals surface area (Å²) in [5.74, 6) is 2.54. The SMILES string of the molecule is CN=C1C(=C2Cc3ccccc3N2)C(=O)C(C)(OC)N1c1cc(OC)cc(OC)c1.COc1cc(OC)cc(N2C(=N)C(=C3Cc4ccccc4N3)C(=O)C2(C)OC)c1. The molecule has 0 aliphatic carbocycles. The normalized spacial score (nSPS) is 23.7. The molecule has 0 amide bonds. The monoisotopic (exact) mass is 800 g/mol. The van der Waals surface area contributed by atoms with Gasteiger partial charge < -0.3 is 39.1 Å². The van der Waals surface area contributed by atoms with E-state index in [1.54, 1.807) is 83.4 Å². The molecule has 14 nitrogen and oxygen atoms in total. The molecule has 14 heteroatoms. The van der Waals surface area contributed by atoms with E-state index in [1.165, 1.54) is 14.2 Å². The van der Waals surface area contributed by atoms with E-state index in [-0.39, 0.29) is 17.4 Å². The summed E-state index contributed by atoms with van der Waals surface area (Å²) in [5, 5.41) is 15.6. The fourth-order valence-electron chi connectivity index (χ4n) is 7.92. The predicted octanol–water partition coefficient (Wildman–Crippen LogP) is 6.76. The van der Waals surface area contributed by atoms with E-state index in [0.717, 1.165) is 28.2 Å². The van der Waals surface area contributed by atoms with Gasteiger partial charge in [-0.25, -0.2) is 0 Å². The Balaban J connectivity index is 0.000000179. The largest absolute Gasteiger partial charge is 0.497 e. The highest BCUT2D eigenvalue weighted by molar-refractivity contribution is 6.37. The third kappa shape index (κ3) is 6.83. The Labute approximate surface area is 343 Å². The second-order valence-electron chi connectivity index (χ2n) is 14.4. The van der Waals surface area contributed by atoms with Crippen LogP contribution < -0.4 is 39.4 Å². The standard InChI is InChI=1S/C23H25N3O4.C22H23N3O4/c1-23(30-5)21(27)20(19-10-14-8-6-7-9-18(14)25-19)22(24-2)26(23)15-11-16(28-3)13-17(12-15)29-4;1-22(29-4)20(26)19(18-9-13-7-5-6-8-17(13)24-18)21(23)25(22)14-10-15(27-2)12-16(11-14)28-3/h6-9,11-13,25H,10H2,1-5H3;5-8,10-12,23-24H,9H2,1-4H3. The van der Waals surface area contributed by atoms with Crippen LogP contribution >= 0.6 is 0 Å². The maximum Gasteiger partial charge on any atom is 0.221 e. The highest BCUT2D eigenvalue weighted by Crippen LogP contribution is 2.44. The molecule has 3 N–H and O–H groups in total. The molecule has 59 heavy (non-hydrogen) atoms. The third-order valence-corrected chi connectivity index (χ3v) is 11.2. The van der Waals surface area contributed by atoms with Crippen LogP contribution in [-0.2, 0) is 31.9 Å². The first-order chi connectivity index (χ1) is 28.4. The lowest BCUT2D eigenvalue weighted by Crippen LogP contribution is -2.49. The van der Waals surface area contributed by atoms with Gasteiger partial charge in [-0.15, -0.1) is 0 Å². The first-order valence-corrected chi connectivity index (χ1v) is 18.9. The summed E-state index contributed by atoms with van der Waals surface area (Å²) in [6, 6.07) is 26.6. The molecule has 0 spiro atoms. The lowest BCUT2D eigenvalue weighted by molar-refractivity contribution is -0.132. The number of ether oxygens (including phenoxy) is 6. The van der Waals surface area contributed by atoms with E-state index in [2.05, 4.69) is 21.7 Å². The number of nitrogens with zero attached hydrogens (tertiary/aromatic N) is 3. The van der Waals surface area contributed by atoms with Crippen LogP contribution in [0.15, 0.2) is 112 Å². The molecule has 4 aliphatic heterocycles. The van der Waals surface area contributed by atoms with Crippen LogP contribution in [-0.4, -0.2) is 84.4 Å². The van der Waals surface area contributed by atoms with Crippen molar-refractivity contribution in [3.05, 3.63) is 119 Å². The quantitative estimate of drug-likeness (QED) is 0.161. The van der Waals surface area contributed by atoms with E-state index >= 15 is 0 Å². The average molecular weight is 801 g/mol. The maximum atomic E-state index is 13.7. The summed E-state index contributed by atoms with van der Waals surface area (Å²) in [7, 11) is 11.0. The van der Waals surface area contributed by atoms with Crippen molar-refractivity contribution < 1.29 is 38.0 Å². The van der Waals surface area contributed by atoms with E-state index < -0.39 is 11.4 Å². The zero-order valence-corrected chi connectivity index (χ0v) is 34.6. The third-order valence-electron chi connectivity index (χ3n) is 11.2. The van der Waals surface area contributed by atoms with Gasteiger partial charge in [-0.05, 0) is 37.1 Å². The van der Waals surface area contributed by atoms with Crippen molar-refractivity contribution in [2.75, 3.05) is 70.1 Å². The van der Waals surface area contributed by atoms with Gasteiger partial charge in [0.15, 0.2) is 0 Å². The first kappa shape index (κ1) is 40.6. The van der Waals surface area contributed by atoms with Gasteiger partial charge in [0.05, 0.1) is 51.0 Å². The van der Waals surface area contributed by atoms with Crippen molar-refractivity contribution in [1.29, 1.82) is 5.41 Å². The van der Waals surface area contributed by atoms with Gasteiger partial charge in [0, 0.05) is 93.3 Å². The molecule has 306 valence electrons. The Morgan fingerprint density at radius 1 is 0.593 bits per heavy atom. The van der Waals surface area contributed by atoms with Crippen molar-refractivity contribution in [3.8, 4) is 23.0 Å². The fourth-order valence-corrected chi connectivity index (χ4v) is 7.92. The molecule has 0 radical (unpaired) electrons. The van der Waals surface area contributed by atoms with Gasteiger partial charge in [-0.2, -0.15) is 0 Å². The van der Waals surface area contributed by atoms with Gasteiger partial charge in [0.1, 0.15) is 34.7 Å². The topological polar surface area (TPSA) is 156 Å². The molecule has 4 aromatic carbocycles. The van der Waals surface area contributed by atoms with E-state index in [4.69, 9.17) is 33.8 Å². The number of Topliss-reactive ketones (excluding diaryl/α,β-unsaturated/α-hetero) is 2. The second-order valence-corrected chi connectivity index (χ2v) is 14.4. The molecule has 2 saturated heterocycles. The minimum atomic E-state index is -1.35. The van der Waals surface area contributed by atoms with Gasteiger partial charge in [0.2, 0.25) is 23.0 Å². The number of amidine groups is 2. The summed E-state index contributed by atoms with van der Waals surface area (Å²) in [5.41, 5.74) is 5.24. The number of carbonyl (C=O) groups excluding carboxylic acids is 2. The number of allylic oxidation sites excluding steroid dienone is 2. The smallest absolute Gasteiger partial charge is 0.221 e. The number of carbonyl (C=O) groups is 2. The van der Waals surface area contributed by atoms with Gasteiger partial charge >= 0.3 is 0 Å². The average Bonchev–Trinajstić information content (AvgIpc) is 3.99. The molecule has 2 unspecified atom stereocenters. The zero-order chi connectivity index (χ0) is 42.2. The maximum absolute atomic E-state index is 13.7. The number of rotatable bonds is 8. The van der Waals surface area contributed by atoms with Gasteiger partial charge in [-0.3, -0.25) is 29.8 Å². The molecule has 4 aliphatic rings. The number of methoxy groups -OCH3 is 6. The zero-order valence-electron chi connectivity index (χ0n) is 34.6. The van der Waals surface area contributed by atoms with E-state index in [1.807, 2.05) is 54.6 Å². The van der Waals surface area contributed by atoms with Crippen LogP contribution in [0.25, 0.3) is 0 Å². The van der Waals surface area contributed by atoms with Crippen LogP contribution in [0.3, 0.4) is 0 Å². The number of fused-ring (bicyclic) bond motifs is 2. The molecule has 0 bridgehead atoms. The molecule has 4 aromatic rings. The van der Waals surface area contributed by atoms with Crippen LogP contribution in [0, 0.1) is 5.41 Å². The Morgan fingerprint density at radius 2 is 0.983 bits per heavy atom.